The number of allylic oxidation sites excluding steroid dienone is 2. The summed E-state index contributed by atoms with van der Waals surface area (Å²) in [5.74, 6) is -0.503. The number of phenols is 1. The zero-order chi connectivity index (χ0) is 27.0. The van der Waals surface area contributed by atoms with Crippen LogP contribution in [0.5, 0.6) is 5.75 Å². The Labute approximate surface area is 225 Å². The van der Waals surface area contributed by atoms with Gasteiger partial charge < -0.3 is 14.8 Å². The lowest BCUT2D eigenvalue weighted by molar-refractivity contribution is 0.0593. The fourth-order valence-corrected chi connectivity index (χ4v) is 6.89. The van der Waals surface area contributed by atoms with Gasteiger partial charge in [-0.2, -0.15) is 0 Å². The van der Waals surface area contributed by atoms with E-state index in [1.54, 1.807) is 18.2 Å². The molecule has 2 N–H and O–H groups in total. The van der Waals surface area contributed by atoms with Crippen molar-refractivity contribution in [3.63, 3.8) is 0 Å². The summed E-state index contributed by atoms with van der Waals surface area (Å²) in [4.78, 5) is 27.4. The smallest absolute Gasteiger partial charge is 0.455 e. The lowest BCUT2D eigenvalue weighted by Crippen LogP contribution is -2.51. The number of rotatable bonds is 7. The average Bonchev–Trinajstić information content (AvgIpc) is 2.90. The first kappa shape index (κ1) is 26.6. The molecule has 1 fully saturated rings. The maximum Gasteiger partial charge on any atom is 0.455 e. The third-order valence-electron chi connectivity index (χ3n) is 8.59. The second-order valence-corrected chi connectivity index (χ2v) is 11.3. The van der Waals surface area contributed by atoms with Crippen LogP contribution in [-0.2, 0) is 4.65 Å². The van der Waals surface area contributed by atoms with Crippen LogP contribution in [0.1, 0.15) is 79.2 Å². The molecule has 0 aromatic heterocycles. The highest BCUT2D eigenvalue weighted by Gasteiger charge is 2.53. The van der Waals surface area contributed by atoms with Crippen LogP contribution < -0.4 is 0 Å². The van der Waals surface area contributed by atoms with Crippen molar-refractivity contribution in [2.45, 2.75) is 65.3 Å². The Balaban J connectivity index is 1.49. The summed E-state index contributed by atoms with van der Waals surface area (Å²) in [6.45, 7) is 6.43. The minimum Gasteiger partial charge on any atom is -0.507 e. The number of benzene rings is 2. The van der Waals surface area contributed by atoms with Gasteiger partial charge in [0.15, 0.2) is 11.6 Å². The predicted molar refractivity (Wildman–Crippen MR) is 150 cm³/mol. The number of para-hydroxylation sites is 1. The molecule has 0 saturated carbocycles. The van der Waals surface area contributed by atoms with Crippen LogP contribution in [0.3, 0.4) is 0 Å². The monoisotopic (exact) mass is 512 g/mol. The zero-order valence-electron chi connectivity index (χ0n) is 22.5. The van der Waals surface area contributed by atoms with Crippen LogP contribution in [0.25, 0.3) is 6.08 Å². The molecule has 0 unspecified atom stereocenters. The van der Waals surface area contributed by atoms with E-state index in [-0.39, 0.29) is 41.2 Å². The van der Waals surface area contributed by atoms with Gasteiger partial charge in [-0.3, -0.25) is 9.59 Å². The molecule has 2 aromatic rings. The molecule has 5 nitrogen and oxygen atoms in total. The molecule has 198 valence electrons. The van der Waals surface area contributed by atoms with Crippen LogP contribution in [0.4, 0.5) is 0 Å². The summed E-state index contributed by atoms with van der Waals surface area (Å²) in [5, 5.41) is 21.1. The molecule has 4 atom stereocenters. The van der Waals surface area contributed by atoms with Crippen molar-refractivity contribution in [2.24, 2.45) is 23.7 Å². The summed E-state index contributed by atoms with van der Waals surface area (Å²) in [5.41, 5.74) is 5.40. The molecule has 0 spiro atoms. The van der Waals surface area contributed by atoms with Gasteiger partial charge in [0.2, 0.25) is 0 Å². The van der Waals surface area contributed by atoms with E-state index in [4.69, 9.17) is 4.65 Å². The van der Waals surface area contributed by atoms with E-state index < -0.39 is 13.0 Å². The molecule has 5 rings (SSSR count). The second kappa shape index (κ2) is 11.0. The van der Waals surface area contributed by atoms with E-state index in [2.05, 4.69) is 26.8 Å². The van der Waals surface area contributed by atoms with E-state index in [0.29, 0.717) is 30.3 Å². The first-order valence-corrected chi connectivity index (χ1v) is 14.0. The van der Waals surface area contributed by atoms with Gasteiger partial charge >= 0.3 is 7.12 Å². The standard InChI is InChI=1S/C32H37BO5/c1-4-9-20(16-21-10-5-8-13-27(21)34)14-15-28-29-24(19(2)3)17-25-30(26(29)18-33(37)38-28)32(36)23-12-7-6-11-22(23)31(25)35/h5-8,10-13,16,19,25-26,28,30,34,37H,4,9,14-15,17-18H2,1-3H3/b20-16+/t25-,26+,28-,30-/m1/s1. The van der Waals surface area contributed by atoms with E-state index >= 15 is 0 Å². The Hall–Kier alpha value is -2.96. The first-order valence-electron chi connectivity index (χ1n) is 14.0. The van der Waals surface area contributed by atoms with E-state index in [1.807, 2.05) is 30.3 Å². The highest BCUT2D eigenvalue weighted by molar-refractivity contribution is 6.43. The summed E-state index contributed by atoms with van der Waals surface area (Å²) >= 11 is 0. The quantitative estimate of drug-likeness (QED) is 0.326. The van der Waals surface area contributed by atoms with Crippen LogP contribution in [-0.4, -0.2) is 34.9 Å². The number of fused-ring (bicyclic) bond motifs is 4. The van der Waals surface area contributed by atoms with Gasteiger partial charge in [0, 0.05) is 28.5 Å². The Morgan fingerprint density at radius 1 is 1.03 bits per heavy atom. The molecule has 1 aliphatic heterocycles. The van der Waals surface area contributed by atoms with Gasteiger partial charge in [0.1, 0.15) is 5.75 Å². The van der Waals surface area contributed by atoms with Gasteiger partial charge in [0.05, 0.1) is 6.10 Å². The van der Waals surface area contributed by atoms with Gasteiger partial charge in [-0.1, -0.05) is 86.9 Å². The molecular weight excluding hydrogens is 475 g/mol. The van der Waals surface area contributed by atoms with Crippen molar-refractivity contribution in [1.82, 2.24) is 0 Å². The fraction of sp³-hybridized carbons (Fsp3) is 0.438. The van der Waals surface area contributed by atoms with Crippen molar-refractivity contribution in [1.29, 1.82) is 0 Å². The third kappa shape index (κ3) is 4.92. The van der Waals surface area contributed by atoms with Gasteiger partial charge in [0.25, 0.3) is 0 Å². The summed E-state index contributed by atoms with van der Waals surface area (Å²) in [7, 11) is -0.974. The SMILES string of the molecule is CCC/C(=C\c1ccccc1O)CC[C@H]1OB(O)C[C@H]2C1=C(C(C)C)C[C@H]1C(=O)c3ccccc3C(=O)[C@H]12. The number of phenolic OH excluding ortho intramolecular Hbond substituents is 1. The maximum atomic E-state index is 13.8. The molecule has 2 aromatic carbocycles. The van der Waals surface area contributed by atoms with E-state index in [1.165, 1.54) is 11.1 Å². The Bertz CT molecular complexity index is 1290. The lowest BCUT2D eigenvalue weighted by Gasteiger charge is -2.48. The molecule has 0 amide bonds. The molecule has 2 aliphatic carbocycles. The van der Waals surface area contributed by atoms with Crippen LogP contribution in [0, 0.1) is 23.7 Å². The molecule has 38 heavy (non-hydrogen) atoms. The molecule has 6 heteroatoms. The van der Waals surface area contributed by atoms with Gasteiger partial charge in [-0.15, -0.1) is 0 Å². The van der Waals surface area contributed by atoms with Crippen molar-refractivity contribution < 1.29 is 24.4 Å². The van der Waals surface area contributed by atoms with Gasteiger partial charge in [-0.05, 0) is 55.5 Å². The predicted octanol–water partition coefficient (Wildman–Crippen LogP) is 6.52. The van der Waals surface area contributed by atoms with Crippen LogP contribution in [0.2, 0.25) is 6.32 Å². The third-order valence-corrected chi connectivity index (χ3v) is 8.59. The molecule has 3 aliphatic rings. The molecular formula is C32H37BO5. The number of aromatic hydroxyl groups is 1. The Morgan fingerprint density at radius 3 is 2.39 bits per heavy atom. The fourth-order valence-electron chi connectivity index (χ4n) is 6.89. The zero-order valence-corrected chi connectivity index (χ0v) is 22.5. The summed E-state index contributed by atoms with van der Waals surface area (Å²) in [6, 6.07) is 14.5. The largest absolute Gasteiger partial charge is 0.507 e. The molecule has 0 radical (unpaired) electrons. The minimum absolute atomic E-state index is 0.0227. The normalized spacial score (nSPS) is 25.4. The number of hydrogen-bond donors (Lipinski definition) is 2. The number of carbonyl (C=O) groups excluding carboxylic acids is 2. The van der Waals surface area contributed by atoms with Crippen LogP contribution in [0.15, 0.2) is 65.3 Å². The maximum absolute atomic E-state index is 13.8. The highest BCUT2D eigenvalue weighted by atomic mass is 16.5. The average molecular weight is 512 g/mol. The topological polar surface area (TPSA) is 83.8 Å². The summed E-state index contributed by atoms with van der Waals surface area (Å²) in [6.07, 6.45) is 5.96. The first-order chi connectivity index (χ1) is 18.3. The number of carbonyl (C=O) groups is 2. The number of ketones is 2. The van der Waals surface area contributed by atoms with Crippen molar-refractivity contribution in [3.8, 4) is 5.75 Å². The Kier molecular flexibility index (Phi) is 7.74. The molecule has 1 heterocycles. The second-order valence-electron chi connectivity index (χ2n) is 11.3. The molecule has 1 saturated heterocycles. The highest BCUT2D eigenvalue weighted by Crippen LogP contribution is 2.52. The summed E-state index contributed by atoms with van der Waals surface area (Å²) < 4.78 is 6.17. The minimum atomic E-state index is -0.974. The van der Waals surface area contributed by atoms with E-state index in [0.717, 1.165) is 30.4 Å². The number of Topliss-reactive ketones (excluding diaryl/α,β-unsaturated/α-hetero) is 2. The van der Waals surface area contributed by atoms with Crippen molar-refractivity contribution in [2.75, 3.05) is 0 Å². The lowest BCUT2D eigenvalue weighted by atomic mass is 9.53. The van der Waals surface area contributed by atoms with Crippen molar-refractivity contribution >= 4 is 24.8 Å². The van der Waals surface area contributed by atoms with Crippen molar-refractivity contribution in [3.05, 3.63) is 81.9 Å². The Morgan fingerprint density at radius 2 is 1.71 bits per heavy atom. The molecule has 0 bridgehead atoms. The van der Waals surface area contributed by atoms with Crippen LogP contribution >= 0.6 is 0 Å². The number of hydrogen-bond acceptors (Lipinski definition) is 5. The van der Waals surface area contributed by atoms with Gasteiger partial charge in [-0.25, -0.2) is 0 Å². The van der Waals surface area contributed by atoms with E-state index in [9.17, 15) is 19.7 Å².